The number of para-hydroxylation sites is 1. The maximum Gasteiger partial charge on any atom is 0.273 e. The number of carbonyl (C=O) groups excluding carboxylic acids is 1. The topological polar surface area (TPSA) is 58.4 Å². The van der Waals surface area contributed by atoms with Crippen LogP contribution in [0.15, 0.2) is 35.1 Å². The molecule has 0 bridgehead atoms. The molecule has 1 saturated heterocycles. The largest absolute Gasteiger partial charge is 0.448 e. The Morgan fingerprint density at radius 1 is 1.50 bits per heavy atom. The second-order valence-corrected chi connectivity index (χ2v) is 5.52. The first-order valence-corrected chi connectivity index (χ1v) is 7.33. The van der Waals surface area contributed by atoms with E-state index in [1.807, 2.05) is 11.0 Å². The van der Waals surface area contributed by atoms with Gasteiger partial charge >= 0.3 is 0 Å². The maximum absolute atomic E-state index is 13.8. The molecule has 1 fully saturated rings. The van der Waals surface area contributed by atoms with E-state index < -0.39 is 0 Å². The van der Waals surface area contributed by atoms with Crippen molar-refractivity contribution in [2.24, 2.45) is 5.92 Å². The van der Waals surface area contributed by atoms with E-state index in [0.29, 0.717) is 29.6 Å². The van der Waals surface area contributed by atoms with E-state index in [4.69, 9.17) is 4.42 Å². The zero-order valence-electron chi connectivity index (χ0n) is 12.4. The van der Waals surface area contributed by atoms with Gasteiger partial charge in [-0.25, -0.2) is 9.37 Å². The molecule has 1 aromatic carbocycles. The van der Waals surface area contributed by atoms with E-state index in [9.17, 15) is 9.18 Å². The molecule has 116 valence electrons. The third-order valence-electron chi connectivity index (χ3n) is 3.99. The average Bonchev–Trinajstić information content (AvgIpc) is 3.14. The summed E-state index contributed by atoms with van der Waals surface area (Å²) in [6.45, 7) is 3.79. The second kappa shape index (κ2) is 6.17. The summed E-state index contributed by atoms with van der Waals surface area (Å²) in [5.41, 5.74) is 0.952. The van der Waals surface area contributed by atoms with Crippen molar-refractivity contribution < 1.29 is 13.6 Å². The van der Waals surface area contributed by atoms with Crippen molar-refractivity contribution in [2.75, 3.05) is 24.5 Å². The van der Waals surface area contributed by atoms with Crippen molar-refractivity contribution in [3.63, 3.8) is 0 Å². The van der Waals surface area contributed by atoms with Crippen LogP contribution in [0.5, 0.6) is 0 Å². The highest BCUT2D eigenvalue weighted by atomic mass is 19.1. The summed E-state index contributed by atoms with van der Waals surface area (Å²) < 4.78 is 18.8. The van der Waals surface area contributed by atoms with Crippen molar-refractivity contribution in [1.82, 2.24) is 10.3 Å². The number of benzene rings is 1. The number of hydrogen-bond donors (Lipinski definition) is 1. The molecule has 3 rings (SSSR count). The van der Waals surface area contributed by atoms with Crippen LogP contribution in [0.4, 0.5) is 10.1 Å². The quantitative estimate of drug-likeness (QED) is 0.942. The highest BCUT2D eigenvalue weighted by Gasteiger charge is 2.25. The molecule has 0 unspecified atom stereocenters. The number of rotatable bonds is 4. The number of halogens is 1. The molecule has 0 radical (unpaired) electrons. The Bertz CT molecular complexity index is 671. The molecule has 1 atom stereocenters. The summed E-state index contributed by atoms with van der Waals surface area (Å²) in [7, 11) is 0. The molecule has 2 aromatic rings. The lowest BCUT2D eigenvalue weighted by Crippen LogP contribution is -2.31. The number of nitrogens with zero attached hydrogens (tertiary/aromatic N) is 2. The van der Waals surface area contributed by atoms with Gasteiger partial charge in [0.25, 0.3) is 5.91 Å². The lowest BCUT2D eigenvalue weighted by molar-refractivity contribution is 0.0942. The zero-order chi connectivity index (χ0) is 15.5. The Kier molecular flexibility index (Phi) is 4.09. The lowest BCUT2D eigenvalue weighted by Gasteiger charge is -2.19. The van der Waals surface area contributed by atoms with Gasteiger partial charge in [0.1, 0.15) is 11.6 Å². The van der Waals surface area contributed by atoms with Crippen molar-refractivity contribution in [1.29, 1.82) is 0 Å². The molecule has 2 heterocycles. The smallest absolute Gasteiger partial charge is 0.273 e. The first-order valence-electron chi connectivity index (χ1n) is 7.33. The van der Waals surface area contributed by atoms with Crippen molar-refractivity contribution in [2.45, 2.75) is 13.3 Å². The SMILES string of the molecule is Cc1ocnc1C(=O)NC[C@H]1CCN(c2ccccc2F)C1. The molecule has 6 heteroatoms. The number of hydrogen-bond acceptors (Lipinski definition) is 4. The minimum atomic E-state index is -0.226. The van der Waals surface area contributed by atoms with Gasteiger partial charge in [0.05, 0.1) is 5.69 Å². The molecule has 0 saturated carbocycles. The van der Waals surface area contributed by atoms with E-state index in [2.05, 4.69) is 10.3 Å². The first-order chi connectivity index (χ1) is 10.6. The Labute approximate surface area is 128 Å². The Morgan fingerprint density at radius 2 is 2.32 bits per heavy atom. The van der Waals surface area contributed by atoms with Crippen LogP contribution in [0.1, 0.15) is 22.7 Å². The van der Waals surface area contributed by atoms with Gasteiger partial charge < -0.3 is 14.6 Å². The van der Waals surface area contributed by atoms with E-state index in [0.717, 1.165) is 19.5 Å². The molecule has 1 aliphatic heterocycles. The summed E-state index contributed by atoms with van der Waals surface area (Å²) in [6, 6.07) is 6.78. The normalized spacial score (nSPS) is 17.7. The zero-order valence-corrected chi connectivity index (χ0v) is 12.4. The molecule has 1 amide bonds. The fourth-order valence-electron chi connectivity index (χ4n) is 2.77. The number of amides is 1. The fraction of sp³-hybridized carbons (Fsp3) is 0.375. The van der Waals surface area contributed by atoms with Gasteiger partial charge in [-0.15, -0.1) is 0 Å². The van der Waals surface area contributed by atoms with Crippen LogP contribution in [0.25, 0.3) is 0 Å². The summed E-state index contributed by atoms with van der Waals surface area (Å²) >= 11 is 0. The van der Waals surface area contributed by atoms with Crippen LogP contribution < -0.4 is 10.2 Å². The Hall–Kier alpha value is -2.37. The fourth-order valence-corrected chi connectivity index (χ4v) is 2.77. The van der Waals surface area contributed by atoms with Crippen molar-refractivity contribution in [3.8, 4) is 0 Å². The highest BCUT2D eigenvalue weighted by Crippen LogP contribution is 2.25. The summed E-state index contributed by atoms with van der Waals surface area (Å²) in [5.74, 6) is 0.383. The molecule has 0 aliphatic carbocycles. The molecular weight excluding hydrogens is 285 g/mol. The number of oxazole rings is 1. The van der Waals surface area contributed by atoms with Crippen LogP contribution in [-0.2, 0) is 0 Å². The summed E-state index contributed by atoms with van der Waals surface area (Å²) in [6.07, 6.45) is 2.19. The van der Waals surface area contributed by atoms with Crippen LogP contribution in [0.2, 0.25) is 0 Å². The molecule has 1 aromatic heterocycles. The molecule has 5 nitrogen and oxygen atoms in total. The third kappa shape index (κ3) is 2.95. The van der Waals surface area contributed by atoms with Crippen LogP contribution in [0.3, 0.4) is 0 Å². The van der Waals surface area contributed by atoms with Gasteiger partial charge in [0, 0.05) is 19.6 Å². The van der Waals surface area contributed by atoms with Crippen molar-refractivity contribution >= 4 is 11.6 Å². The number of carbonyl (C=O) groups is 1. The minimum absolute atomic E-state index is 0.203. The predicted octanol–water partition coefficient (Wildman–Crippen LogP) is 2.38. The van der Waals surface area contributed by atoms with Gasteiger partial charge in [-0.2, -0.15) is 0 Å². The van der Waals surface area contributed by atoms with E-state index in [1.54, 1.807) is 19.1 Å². The number of anilines is 1. The van der Waals surface area contributed by atoms with Crippen LogP contribution in [0, 0.1) is 18.7 Å². The number of nitrogens with one attached hydrogen (secondary N) is 1. The molecular formula is C16H18FN3O2. The molecule has 1 N–H and O–H groups in total. The highest BCUT2D eigenvalue weighted by molar-refractivity contribution is 5.93. The van der Waals surface area contributed by atoms with Crippen LogP contribution in [-0.4, -0.2) is 30.5 Å². The van der Waals surface area contributed by atoms with Crippen LogP contribution >= 0.6 is 0 Å². The lowest BCUT2D eigenvalue weighted by atomic mass is 10.1. The standard InChI is InChI=1S/C16H18FN3O2/c1-11-15(19-10-22-11)16(21)18-8-12-6-7-20(9-12)14-5-3-2-4-13(14)17/h2-5,10,12H,6-9H2,1H3,(H,18,21)/t12-/m1/s1. The van der Waals surface area contributed by atoms with Gasteiger partial charge in [-0.3, -0.25) is 4.79 Å². The summed E-state index contributed by atoms with van der Waals surface area (Å²) in [4.78, 5) is 17.9. The van der Waals surface area contributed by atoms with Gasteiger partial charge in [0.2, 0.25) is 0 Å². The molecule has 1 aliphatic rings. The second-order valence-electron chi connectivity index (χ2n) is 5.52. The average molecular weight is 303 g/mol. The molecule has 22 heavy (non-hydrogen) atoms. The number of aromatic nitrogens is 1. The molecule has 0 spiro atoms. The van der Waals surface area contributed by atoms with Gasteiger partial charge in [-0.1, -0.05) is 12.1 Å². The Balaban J connectivity index is 1.55. The summed E-state index contributed by atoms with van der Waals surface area (Å²) in [5, 5.41) is 2.87. The van der Waals surface area contributed by atoms with Gasteiger partial charge in [-0.05, 0) is 31.4 Å². The first kappa shape index (κ1) is 14.6. The van der Waals surface area contributed by atoms with E-state index in [-0.39, 0.29) is 11.7 Å². The Morgan fingerprint density at radius 3 is 3.05 bits per heavy atom. The monoisotopic (exact) mass is 303 g/mol. The van der Waals surface area contributed by atoms with E-state index >= 15 is 0 Å². The van der Waals surface area contributed by atoms with E-state index in [1.165, 1.54) is 12.5 Å². The maximum atomic E-state index is 13.8. The predicted molar refractivity (Wildman–Crippen MR) is 80.3 cm³/mol. The van der Waals surface area contributed by atoms with Gasteiger partial charge in [0.15, 0.2) is 12.1 Å². The minimum Gasteiger partial charge on any atom is -0.448 e. The van der Waals surface area contributed by atoms with Crippen molar-refractivity contribution in [3.05, 3.63) is 47.9 Å². The third-order valence-corrected chi connectivity index (χ3v) is 3.99. The number of aryl methyl sites for hydroxylation is 1.